The molecule has 2 amide bonds. The third kappa shape index (κ3) is 5.00. The van der Waals surface area contributed by atoms with Crippen molar-refractivity contribution in [1.82, 2.24) is 9.97 Å². The Labute approximate surface area is 139 Å². The fourth-order valence-corrected chi connectivity index (χ4v) is 1.92. The first kappa shape index (κ1) is 16.8. The van der Waals surface area contributed by atoms with Gasteiger partial charge in [0.05, 0.1) is 19.4 Å². The number of halogens is 1. The third-order valence-corrected chi connectivity index (χ3v) is 2.85. The predicted octanol–water partition coefficient (Wildman–Crippen LogP) is 3.57. The van der Waals surface area contributed by atoms with Gasteiger partial charge in [-0.2, -0.15) is 4.98 Å². The van der Waals surface area contributed by atoms with Gasteiger partial charge in [0.25, 0.3) is 0 Å². The van der Waals surface area contributed by atoms with E-state index in [-0.39, 0.29) is 11.9 Å². The van der Waals surface area contributed by atoms with Crippen LogP contribution in [-0.4, -0.2) is 29.2 Å². The summed E-state index contributed by atoms with van der Waals surface area (Å²) in [6, 6.07) is 6.56. The van der Waals surface area contributed by atoms with Crippen molar-refractivity contribution < 1.29 is 14.3 Å². The van der Waals surface area contributed by atoms with Gasteiger partial charge in [0.1, 0.15) is 5.69 Å². The van der Waals surface area contributed by atoms with E-state index >= 15 is 0 Å². The predicted molar refractivity (Wildman–Crippen MR) is 88.5 cm³/mol. The maximum absolute atomic E-state index is 12.1. The highest BCUT2D eigenvalue weighted by Crippen LogP contribution is 2.23. The lowest BCUT2D eigenvalue weighted by Crippen LogP contribution is -2.20. The number of carbonyl (C=O) groups excluding carboxylic acids is 1. The molecule has 2 rings (SSSR count). The van der Waals surface area contributed by atoms with Crippen molar-refractivity contribution in [3.63, 3.8) is 0 Å². The molecule has 0 aliphatic rings. The topological polar surface area (TPSA) is 85.4 Å². The van der Waals surface area contributed by atoms with Crippen LogP contribution in [0.1, 0.15) is 13.8 Å². The van der Waals surface area contributed by atoms with Gasteiger partial charge in [0.2, 0.25) is 5.88 Å². The second kappa shape index (κ2) is 8.19. The zero-order chi connectivity index (χ0) is 16.7. The molecule has 0 spiro atoms. The highest BCUT2D eigenvalue weighted by atomic mass is 35.5. The fraction of sp³-hybridized carbons (Fsp3) is 0.267. The largest absolute Gasteiger partial charge is 0.476 e. The summed E-state index contributed by atoms with van der Waals surface area (Å²) in [7, 11) is 0. The average Bonchev–Trinajstić information content (AvgIpc) is 2.50. The van der Waals surface area contributed by atoms with Crippen molar-refractivity contribution in [3.8, 4) is 11.9 Å². The first-order valence-corrected chi connectivity index (χ1v) is 7.46. The van der Waals surface area contributed by atoms with Crippen molar-refractivity contribution in [3.05, 3.63) is 35.5 Å². The minimum atomic E-state index is -0.457. The Hall–Kier alpha value is -2.54. The molecule has 0 saturated heterocycles. The Balaban J connectivity index is 2.10. The number of benzene rings is 1. The van der Waals surface area contributed by atoms with Crippen LogP contribution in [0.4, 0.5) is 16.2 Å². The fourth-order valence-electron chi connectivity index (χ4n) is 1.73. The highest BCUT2D eigenvalue weighted by molar-refractivity contribution is 6.30. The van der Waals surface area contributed by atoms with E-state index in [1.54, 1.807) is 24.3 Å². The van der Waals surface area contributed by atoms with Crippen molar-refractivity contribution in [2.75, 3.05) is 23.8 Å². The maximum Gasteiger partial charge on any atom is 0.323 e. The Morgan fingerprint density at radius 3 is 2.70 bits per heavy atom. The van der Waals surface area contributed by atoms with Crippen LogP contribution in [0.2, 0.25) is 5.02 Å². The lowest BCUT2D eigenvalue weighted by molar-refractivity contribution is 0.261. The Morgan fingerprint density at radius 1 is 1.22 bits per heavy atom. The zero-order valence-electron chi connectivity index (χ0n) is 12.8. The van der Waals surface area contributed by atoms with E-state index < -0.39 is 6.03 Å². The standard InChI is InChI=1S/C15H17ClN4O3/c1-3-22-13-12(9-17-15(20-13)23-4-2)19-14(21)18-11-7-5-6-10(16)8-11/h5-9H,3-4H2,1-2H3,(H2,18,19,21). The van der Waals surface area contributed by atoms with E-state index in [0.29, 0.717) is 29.6 Å². The van der Waals surface area contributed by atoms with Gasteiger partial charge in [-0.3, -0.25) is 0 Å². The van der Waals surface area contributed by atoms with Crippen LogP contribution >= 0.6 is 11.6 Å². The first-order chi connectivity index (χ1) is 11.1. The van der Waals surface area contributed by atoms with E-state index in [0.717, 1.165) is 0 Å². The monoisotopic (exact) mass is 336 g/mol. The summed E-state index contributed by atoms with van der Waals surface area (Å²) in [5.41, 5.74) is 0.912. The molecule has 0 fully saturated rings. The van der Waals surface area contributed by atoms with Crippen LogP contribution in [0.25, 0.3) is 0 Å². The minimum absolute atomic E-state index is 0.191. The molecule has 1 aromatic carbocycles. The van der Waals surface area contributed by atoms with Crippen LogP contribution in [0.3, 0.4) is 0 Å². The third-order valence-electron chi connectivity index (χ3n) is 2.62. The van der Waals surface area contributed by atoms with Gasteiger partial charge in [-0.05, 0) is 32.0 Å². The van der Waals surface area contributed by atoms with Crippen LogP contribution in [0.15, 0.2) is 30.5 Å². The van der Waals surface area contributed by atoms with Crippen LogP contribution in [0, 0.1) is 0 Å². The highest BCUT2D eigenvalue weighted by Gasteiger charge is 2.12. The molecule has 0 atom stereocenters. The van der Waals surface area contributed by atoms with E-state index in [2.05, 4.69) is 20.6 Å². The number of amides is 2. The van der Waals surface area contributed by atoms with Gasteiger partial charge in [-0.1, -0.05) is 17.7 Å². The number of rotatable bonds is 6. The molecule has 8 heteroatoms. The summed E-state index contributed by atoms with van der Waals surface area (Å²) in [6.45, 7) is 4.48. The molecule has 2 aromatic rings. The Kier molecular flexibility index (Phi) is 5.99. The van der Waals surface area contributed by atoms with Gasteiger partial charge in [-0.15, -0.1) is 0 Å². The van der Waals surface area contributed by atoms with Crippen molar-refractivity contribution in [2.24, 2.45) is 0 Å². The molecule has 122 valence electrons. The summed E-state index contributed by atoms with van der Waals surface area (Å²) < 4.78 is 10.6. The summed E-state index contributed by atoms with van der Waals surface area (Å²) in [6.07, 6.45) is 1.43. The summed E-state index contributed by atoms with van der Waals surface area (Å²) in [4.78, 5) is 20.2. The van der Waals surface area contributed by atoms with Gasteiger partial charge in [0.15, 0.2) is 0 Å². The van der Waals surface area contributed by atoms with E-state index in [1.165, 1.54) is 6.20 Å². The smallest absolute Gasteiger partial charge is 0.323 e. The average molecular weight is 337 g/mol. The van der Waals surface area contributed by atoms with Gasteiger partial charge >= 0.3 is 12.0 Å². The summed E-state index contributed by atoms with van der Waals surface area (Å²) >= 11 is 5.88. The quantitative estimate of drug-likeness (QED) is 0.842. The number of nitrogens with zero attached hydrogens (tertiary/aromatic N) is 2. The molecule has 0 unspecified atom stereocenters. The Morgan fingerprint density at radius 2 is 2.00 bits per heavy atom. The zero-order valence-corrected chi connectivity index (χ0v) is 13.6. The van der Waals surface area contributed by atoms with Crippen LogP contribution in [0.5, 0.6) is 11.9 Å². The first-order valence-electron chi connectivity index (χ1n) is 7.08. The number of urea groups is 1. The number of hydrogen-bond acceptors (Lipinski definition) is 5. The lowest BCUT2D eigenvalue weighted by Gasteiger charge is -2.12. The second-order valence-electron chi connectivity index (χ2n) is 4.33. The second-order valence-corrected chi connectivity index (χ2v) is 4.76. The molecular weight excluding hydrogens is 320 g/mol. The molecule has 0 radical (unpaired) electrons. The maximum atomic E-state index is 12.1. The van der Waals surface area contributed by atoms with Crippen LogP contribution < -0.4 is 20.1 Å². The molecule has 1 heterocycles. The van der Waals surface area contributed by atoms with E-state index in [9.17, 15) is 4.79 Å². The SMILES string of the molecule is CCOc1ncc(NC(=O)Nc2cccc(Cl)c2)c(OCC)n1. The van der Waals surface area contributed by atoms with Gasteiger partial charge in [0, 0.05) is 10.7 Å². The van der Waals surface area contributed by atoms with E-state index in [4.69, 9.17) is 21.1 Å². The Bertz CT molecular complexity index is 682. The van der Waals surface area contributed by atoms with Gasteiger partial charge in [-0.25, -0.2) is 9.78 Å². The molecule has 1 aromatic heterocycles. The van der Waals surface area contributed by atoms with Crippen molar-refractivity contribution >= 4 is 29.0 Å². The molecular formula is C15H17ClN4O3. The summed E-state index contributed by atoms with van der Waals surface area (Å²) in [5, 5.41) is 5.83. The molecule has 7 nitrogen and oxygen atoms in total. The summed E-state index contributed by atoms with van der Waals surface area (Å²) in [5.74, 6) is 0.243. The molecule has 0 bridgehead atoms. The number of aromatic nitrogens is 2. The molecule has 0 saturated carbocycles. The van der Waals surface area contributed by atoms with E-state index in [1.807, 2.05) is 13.8 Å². The number of hydrogen-bond donors (Lipinski definition) is 2. The molecule has 2 N–H and O–H groups in total. The van der Waals surface area contributed by atoms with Crippen molar-refractivity contribution in [1.29, 1.82) is 0 Å². The normalized spacial score (nSPS) is 10.0. The molecule has 0 aliphatic carbocycles. The van der Waals surface area contributed by atoms with Crippen LogP contribution in [-0.2, 0) is 0 Å². The lowest BCUT2D eigenvalue weighted by atomic mass is 10.3. The number of carbonyl (C=O) groups is 1. The minimum Gasteiger partial charge on any atom is -0.476 e. The number of ether oxygens (including phenoxy) is 2. The molecule has 23 heavy (non-hydrogen) atoms. The van der Waals surface area contributed by atoms with Crippen molar-refractivity contribution in [2.45, 2.75) is 13.8 Å². The number of nitrogens with one attached hydrogen (secondary N) is 2. The number of anilines is 2. The molecule has 0 aliphatic heterocycles. The van der Waals surface area contributed by atoms with Gasteiger partial charge < -0.3 is 20.1 Å².